The van der Waals surface area contributed by atoms with Crippen molar-refractivity contribution in [3.63, 3.8) is 0 Å². The molecule has 3 rings (SSSR count). The normalized spacial score (nSPS) is 12.3. The van der Waals surface area contributed by atoms with Gasteiger partial charge in [-0.2, -0.15) is 0 Å². The molecule has 1 heterocycles. The zero-order valence-electron chi connectivity index (χ0n) is 14.4. The highest BCUT2D eigenvalue weighted by Crippen LogP contribution is 2.20. The van der Waals surface area contributed by atoms with E-state index in [-0.39, 0.29) is 0 Å². The summed E-state index contributed by atoms with van der Waals surface area (Å²) in [5, 5.41) is 1.32. The van der Waals surface area contributed by atoms with Crippen molar-refractivity contribution in [2.24, 2.45) is 9.98 Å². The third-order valence-corrected chi connectivity index (χ3v) is 4.17. The van der Waals surface area contributed by atoms with Crippen molar-refractivity contribution in [2.45, 2.75) is 13.8 Å². The second kappa shape index (κ2) is 8.26. The largest absolute Gasteiger partial charge is 0.251 e. The van der Waals surface area contributed by atoms with Gasteiger partial charge in [0.2, 0.25) is 0 Å². The number of hydrogen-bond acceptors (Lipinski definition) is 3. The lowest BCUT2D eigenvalue weighted by atomic mass is 10.2. The van der Waals surface area contributed by atoms with Crippen LogP contribution in [-0.4, -0.2) is 16.4 Å². The van der Waals surface area contributed by atoms with Crippen LogP contribution in [0.5, 0.6) is 0 Å². The van der Waals surface area contributed by atoms with Gasteiger partial charge in [-0.15, -0.1) is 0 Å². The minimum Gasteiger partial charge on any atom is -0.251 e. The van der Waals surface area contributed by atoms with E-state index in [1.807, 2.05) is 80.6 Å². The summed E-state index contributed by atoms with van der Waals surface area (Å²) in [5.41, 5.74) is 4.80. The van der Waals surface area contributed by atoms with Crippen molar-refractivity contribution >= 4 is 46.0 Å². The van der Waals surface area contributed by atoms with Gasteiger partial charge in [0, 0.05) is 10.0 Å². The van der Waals surface area contributed by atoms with E-state index in [2.05, 4.69) is 15.0 Å². The Morgan fingerprint density at radius 3 is 1.54 bits per heavy atom. The van der Waals surface area contributed by atoms with Crippen LogP contribution in [0, 0.1) is 0 Å². The lowest BCUT2D eigenvalue weighted by Gasteiger charge is -2.05. The molecule has 2 aromatic carbocycles. The molecule has 0 atom stereocenters. The Balaban J connectivity index is 1.90. The quantitative estimate of drug-likeness (QED) is 0.464. The third-order valence-electron chi connectivity index (χ3n) is 3.70. The maximum Gasteiger partial charge on any atom is 0.0849 e. The standard InChI is InChI=1S/C21H17Cl2N3/c1-14(24-18-8-3-6-16(22)12-18)20-10-5-11-21(26-20)15(2)25-19-9-4-7-17(23)13-19/h3-13H,1-2H3. The Kier molecular flexibility index (Phi) is 5.82. The molecular weight excluding hydrogens is 365 g/mol. The molecule has 0 saturated carbocycles. The van der Waals surface area contributed by atoms with Crippen LogP contribution in [-0.2, 0) is 0 Å². The zero-order valence-corrected chi connectivity index (χ0v) is 16.0. The fourth-order valence-electron chi connectivity index (χ4n) is 2.43. The van der Waals surface area contributed by atoms with Crippen LogP contribution in [0.3, 0.4) is 0 Å². The molecule has 0 aliphatic heterocycles. The summed E-state index contributed by atoms with van der Waals surface area (Å²) in [6.45, 7) is 3.85. The lowest BCUT2D eigenvalue weighted by Crippen LogP contribution is -2.04. The fraction of sp³-hybridized carbons (Fsp3) is 0.0952. The van der Waals surface area contributed by atoms with Gasteiger partial charge in [-0.3, -0.25) is 9.98 Å². The highest BCUT2D eigenvalue weighted by molar-refractivity contribution is 6.31. The summed E-state index contributed by atoms with van der Waals surface area (Å²) < 4.78 is 0. The molecule has 0 N–H and O–H groups in total. The molecule has 0 radical (unpaired) electrons. The molecular formula is C21H17Cl2N3. The van der Waals surface area contributed by atoms with Crippen molar-refractivity contribution in [1.29, 1.82) is 0 Å². The predicted octanol–water partition coefficient (Wildman–Crippen LogP) is 6.67. The molecule has 3 aromatic rings. The molecule has 0 spiro atoms. The molecule has 0 fully saturated rings. The predicted molar refractivity (Wildman–Crippen MR) is 111 cm³/mol. The Bertz CT molecular complexity index is 917. The molecule has 26 heavy (non-hydrogen) atoms. The molecule has 5 heteroatoms. The van der Waals surface area contributed by atoms with Crippen LogP contribution in [0.1, 0.15) is 25.2 Å². The fourth-order valence-corrected chi connectivity index (χ4v) is 2.80. The van der Waals surface area contributed by atoms with E-state index in [1.54, 1.807) is 0 Å². The molecule has 1 aromatic heterocycles. The summed E-state index contributed by atoms with van der Waals surface area (Å²) in [4.78, 5) is 13.9. The van der Waals surface area contributed by atoms with Crippen molar-refractivity contribution < 1.29 is 0 Å². The smallest absolute Gasteiger partial charge is 0.0849 e. The first-order chi connectivity index (χ1) is 12.5. The number of halogens is 2. The van der Waals surface area contributed by atoms with Gasteiger partial charge in [0.25, 0.3) is 0 Å². The van der Waals surface area contributed by atoms with E-state index in [0.29, 0.717) is 10.0 Å². The van der Waals surface area contributed by atoms with Gasteiger partial charge in [-0.1, -0.05) is 41.4 Å². The minimum absolute atomic E-state index is 0.658. The molecule has 0 aliphatic rings. The first kappa shape index (κ1) is 18.3. The molecule has 0 amide bonds. The van der Waals surface area contributed by atoms with Gasteiger partial charge in [0.15, 0.2) is 0 Å². The number of hydrogen-bond donors (Lipinski definition) is 0. The summed E-state index contributed by atoms with van der Waals surface area (Å²) in [6, 6.07) is 20.7. The average molecular weight is 382 g/mol. The van der Waals surface area contributed by atoms with Crippen LogP contribution in [0.25, 0.3) is 0 Å². The number of aromatic nitrogens is 1. The first-order valence-electron chi connectivity index (χ1n) is 8.11. The Morgan fingerprint density at radius 2 is 1.12 bits per heavy atom. The van der Waals surface area contributed by atoms with Crippen molar-refractivity contribution in [3.8, 4) is 0 Å². The molecule has 0 saturated heterocycles. The highest BCUT2D eigenvalue weighted by atomic mass is 35.5. The third kappa shape index (κ3) is 4.78. The van der Waals surface area contributed by atoms with E-state index < -0.39 is 0 Å². The Morgan fingerprint density at radius 1 is 0.692 bits per heavy atom. The molecule has 130 valence electrons. The second-order valence-electron chi connectivity index (χ2n) is 5.76. The molecule has 3 nitrogen and oxygen atoms in total. The van der Waals surface area contributed by atoms with Gasteiger partial charge < -0.3 is 0 Å². The van der Waals surface area contributed by atoms with E-state index in [9.17, 15) is 0 Å². The highest BCUT2D eigenvalue weighted by Gasteiger charge is 2.05. The monoisotopic (exact) mass is 381 g/mol. The molecule has 0 unspecified atom stereocenters. The average Bonchev–Trinajstić information content (AvgIpc) is 2.62. The van der Waals surface area contributed by atoms with Gasteiger partial charge in [-0.25, -0.2) is 4.98 Å². The Labute approximate surface area is 163 Å². The van der Waals surface area contributed by atoms with E-state index >= 15 is 0 Å². The van der Waals surface area contributed by atoms with Crippen LogP contribution in [0.15, 0.2) is 76.7 Å². The van der Waals surface area contributed by atoms with Crippen molar-refractivity contribution in [2.75, 3.05) is 0 Å². The maximum absolute atomic E-state index is 6.02. The van der Waals surface area contributed by atoms with Crippen molar-refractivity contribution in [3.05, 3.63) is 88.2 Å². The van der Waals surface area contributed by atoms with Gasteiger partial charge in [-0.05, 0) is 62.4 Å². The Hall–Kier alpha value is -2.49. The topological polar surface area (TPSA) is 37.6 Å². The number of nitrogens with zero attached hydrogens (tertiary/aromatic N) is 3. The lowest BCUT2D eigenvalue weighted by molar-refractivity contribution is 1.24. The van der Waals surface area contributed by atoms with Crippen LogP contribution in [0.4, 0.5) is 11.4 Å². The summed E-state index contributed by atoms with van der Waals surface area (Å²) in [7, 11) is 0. The van der Waals surface area contributed by atoms with Gasteiger partial charge in [0.05, 0.1) is 34.2 Å². The SMILES string of the molecule is CC(=Nc1cccc(Cl)c1)c1cccc(C(C)=Nc2cccc(Cl)c2)n1. The second-order valence-corrected chi connectivity index (χ2v) is 6.64. The summed E-state index contributed by atoms with van der Waals surface area (Å²) >= 11 is 12.0. The maximum atomic E-state index is 6.02. The summed E-state index contributed by atoms with van der Waals surface area (Å²) in [5.74, 6) is 0. The van der Waals surface area contributed by atoms with Gasteiger partial charge >= 0.3 is 0 Å². The van der Waals surface area contributed by atoms with Crippen LogP contribution in [0.2, 0.25) is 10.0 Å². The number of pyridine rings is 1. The van der Waals surface area contributed by atoms with E-state index in [1.165, 1.54) is 0 Å². The molecule has 0 bridgehead atoms. The van der Waals surface area contributed by atoms with Crippen molar-refractivity contribution in [1.82, 2.24) is 4.98 Å². The zero-order chi connectivity index (χ0) is 18.5. The van der Waals surface area contributed by atoms with Crippen LogP contribution < -0.4 is 0 Å². The first-order valence-corrected chi connectivity index (χ1v) is 8.86. The number of aliphatic imine (C=N–C) groups is 2. The summed E-state index contributed by atoms with van der Waals surface area (Å²) in [6.07, 6.45) is 0. The van der Waals surface area contributed by atoms with E-state index in [0.717, 1.165) is 34.2 Å². The number of benzene rings is 2. The van der Waals surface area contributed by atoms with Crippen LogP contribution >= 0.6 is 23.2 Å². The molecule has 0 aliphatic carbocycles. The minimum atomic E-state index is 0.658. The number of rotatable bonds is 4. The van der Waals surface area contributed by atoms with E-state index in [4.69, 9.17) is 23.2 Å². The van der Waals surface area contributed by atoms with Gasteiger partial charge in [0.1, 0.15) is 0 Å².